The maximum Gasteiger partial charge on any atom is 0.306 e. The summed E-state index contributed by atoms with van der Waals surface area (Å²) in [7, 11) is 0. The van der Waals surface area contributed by atoms with Gasteiger partial charge in [-0.15, -0.1) is 0 Å². The van der Waals surface area contributed by atoms with E-state index in [2.05, 4.69) is 9.85 Å². The fraction of sp³-hybridized carbons (Fsp3) is 0.750. The zero-order chi connectivity index (χ0) is 11.8. The number of carbonyl (C=O) groups is 1. The van der Waals surface area contributed by atoms with Crippen LogP contribution in [-0.2, 0) is 9.53 Å². The van der Waals surface area contributed by atoms with Crippen LogP contribution in [0.3, 0.4) is 0 Å². The van der Waals surface area contributed by atoms with E-state index in [1.54, 1.807) is 0 Å². The third kappa shape index (κ3) is 5.17. The smallest absolute Gasteiger partial charge is 0.306 e. The summed E-state index contributed by atoms with van der Waals surface area (Å²) in [6.07, 6.45) is 5.14. The highest BCUT2D eigenvalue weighted by Crippen LogP contribution is 2.20. The highest BCUT2D eigenvalue weighted by molar-refractivity contribution is 14.1. The summed E-state index contributed by atoms with van der Waals surface area (Å²) < 4.78 is 7.84. The lowest BCUT2D eigenvalue weighted by Gasteiger charge is -2.16. The number of rotatable bonds is 6. The molecule has 0 amide bonds. The Bertz CT molecular complexity index is 280. The number of aliphatic hydroxyl groups excluding tert-OH is 1. The maximum atomic E-state index is 10.9. The molecule has 0 unspecified atom stereocenters. The number of hydrogen-bond donors (Lipinski definition) is 1. The van der Waals surface area contributed by atoms with Crippen LogP contribution in [0.4, 0.5) is 0 Å². The fourth-order valence-electron chi connectivity index (χ4n) is 1.79. The summed E-state index contributed by atoms with van der Waals surface area (Å²) in [6.45, 7) is 0. The molecule has 1 aliphatic heterocycles. The van der Waals surface area contributed by atoms with Crippen LogP contribution in [0, 0.1) is 9.85 Å². The van der Waals surface area contributed by atoms with Crippen molar-refractivity contribution in [2.45, 2.75) is 57.2 Å². The van der Waals surface area contributed by atoms with Gasteiger partial charge in [-0.2, -0.15) is 0 Å². The first kappa shape index (κ1) is 13.8. The molecule has 0 aliphatic carbocycles. The summed E-state index contributed by atoms with van der Waals surface area (Å²) in [4.78, 5) is 10.9. The predicted molar refractivity (Wildman–Crippen MR) is 70.0 cm³/mol. The number of hydrogen-bond acceptors (Lipinski definition) is 3. The molecule has 0 radical (unpaired) electrons. The molecular formula is C12H17IO3. The predicted octanol–water partition coefficient (Wildman–Crippen LogP) is 2.40. The van der Waals surface area contributed by atoms with Gasteiger partial charge >= 0.3 is 5.97 Å². The van der Waals surface area contributed by atoms with Crippen LogP contribution >= 0.6 is 22.6 Å². The van der Waals surface area contributed by atoms with Crippen LogP contribution in [0.15, 0.2) is 0 Å². The third-order valence-electron chi connectivity index (χ3n) is 2.71. The lowest BCUT2D eigenvalue weighted by atomic mass is 10.0. The Morgan fingerprint density at radius 1 is 1.50 bits per heavy atom. The number of halogens is 1. The molecule has 2 atom stereocenters. The van der Waals surface area contributed by atoms with Gasteiger partial charge in [0.15, 0.2) is 0 Å². The number of aliphatic hydroxyl groups is 1. The standard InChI is InChI=1S/C12H17IO3/c13-9-5-3-1-2-4-6-10(14)11-7-8-12(15)16-11/h10-11,14H,1-4,6-8H2/t10-,11-/m1/s1. The molecule has 16 heavy (non-hydrogen) atoms. The van der Waals surface area contributed by atoms with Crippen LogP contribution in [0.1, 0.15) is 44.9 Å². The summed E-state index contributed by atoms with van der Waals surface area (Å²) in [5.41, 5.74) is 0. The highest BCUT2D eigenvalue weighted by atomic mass is 127. The molecule has 0 aromatic rings. The quantitative estimate of drug-likeness (QED) is 0.351. The van der Waals surface area contributed by atoms with Crippen molar-refractivity contribution in [1.82, 2.24) is 0 Å². The Kier molecular flexibility index (Phi) is 6.81. The Morgan fingerprint density at radius 2 is 2.31 bits per heavy atom. The minimum Gasteiger partial charge on any atom is -0.460 e. The first-order valence-electron chi connectivity index (χ1n) is 5.70. The van der Waals surface area contributed by atoms with Crippen molar-refractivity contribution in [2.24, 2.45) is 0 Å². The Labute approximate surface area is 110 Å². The number of esters is 1. The van der Waals surface area contributed by atoms with Crippen LogP contribution in [0.25, 0.3) is 0 Å². The molecule has 90 valence electrons. The normalized spacial score (nSPS) is 21.1. The molecule has 3 nitrogen and oxygen atoms in total. The lowest BCUT2D eigenvalue weighted by molar-refractivity contribution is -0.145. The van der Waals surface area contributed by atoms with E-state index in [9.17, 15) is 9.90 Å². The van der Waals surface area contributed by atoms with E-state index in [1.807, 2.05) is 22.6 Å². The van der Waals surface area contributed by atoms with Gasteiger partial charge in [0, 0.05) is 35.4 Å². The molecule has 0 bridgehead atoms. The summed E-state index contributed by atoms with van der Waals surface area (Å²) in [5.74, 6) is 2.82. The summed E-state index contributed by atoms with van der Waals surface area (Å²) in [5, 5.41) is 9.76. The second-order valence-corrected chi connectivity index (χ2v) is 4.54. The van der Waals surface area contributed by atoms with E-state index in [0.717, 1.165) is 32.1 Å². The van der Waals surface area contributed by atoms with Crippen molar-refractivity contribution in [1.29, 1.82) is 0 Å². The van der Waals surface area contributed by atoms with Gasteiger partial charge in [0.1, 0.15) is 6.10 Å². The summed E-state index contributed by atoms with van der Waals surface area (Å²) in [6, 6.07) is 0. The van der Waals surface area contributed by atoms with Crippen molar-refractivity contribution >= 4 is 28.6 Å². The molecule has 0 saturated carbocycles. The Balaban J connectivity index is 2.03. The van der Waals surface area contributed by atoms with Gasteiger partial charge in [-0.3, -0.25) is 4.79 Å². The van der Waals surface area contributed by atoms with Crippen LogP contribution in [0.5, 0.6) is 0 Å². The Hall–Kier alpha value is -0.280. The zero-order valence-corrected chi connectivity index (χ0v) is 11.4. The van der Waals surface area contributed by atoms with Crippen molar-refractivity contribution < 1.29 is 14.6 Å². The largest absolute Gasteiger partial charge is 0.460 e. The zero-order valence-electron chi connectivity index (χ0n) is 9.25. The molecule has 1 fully saturated rings. The van der Waals surface area contributed by atoms with Crippen molar-refractivity contribution in [3.8, 4) is 9.85 Å². The molecule has 1 aliphatic rings. The number of cyclic esters (lactones) is 1. The molecular weight excluding hydrogens is 319 g/mol. The van der Waals surface area contributed by atoms with Crippen LogP contribution < -0.4 is 0 Å². The van der Waals surface area contributed by atoms with Crippen molar-refractivity contribution in [3.63, 3.8) is 0 Å². The maximum absolute atomic E-state index is 10.9. The molecule has 0 spiro atoms. The summed E-state index contributed by atoms with van der Waals surface area (Å²) >= 11 is 2.04. The average molecular weight is 336 g/mol. The molecule has 1 saturated heterocycles. The van der Waals surface area contributed by atoms with Gasteiger partial charge in [-0.25, -0.2) is 0 Å². The van der Waals surface area contributed by atoms with E-state index in [1.165, 1.54) is 0 Å². The second kappa shape index (κ2) is 7.91. The molecule has 1 rings (SSSR count). The van der Waals surface area contributed by atoms with Gasteiger partial charge in [0.05, 0.1) is 6.10 Å². The third-order valence-corrected chi connectivity index (χ3v) is 3.09. The van der Waals surface area contributed by atoms with Crippen molar-refractivity contribution in [2.75, 3.05) is 0 Å². The lowest BCUT2D eigenvalue weighted by Crippen LogP contribution is -2.25. The second-order valence-electron chi connectivity index (χ2n) is 4.00. The molecule has 4 heteroatoms. The van der Waals surface area contributed by atoms with Gasteiger partial charge in [-0.05, 0) is 23.2 Å². The number of carbonyl (C=O) groups excluding carboxylic acids is 1. The monoisotopic (exact) mass is 336 g/mol. The van der Waals surface area contributed by atoms with E-state index < -0.39 is 6.10 Å². The van der Waals surface area contributed by atoms with Gasteiger partial charge in [0.25, 0.3) is 0 Å². The highest BCUT2D eigenvalue weighted by Gasteiger charge is 2.29. The van der Waals surface area contributed by atoms with Crippen LogP contribution in [0.2, 0.25) is 0 Å². The Morgan fingerprint density at radius 3 is 2.94 bits per heavy atom. The van der Waals surface area contributed by atoms with Gasteiger partial charge in [-0.1, -0.05) is 18.8 Å². The first-order chi connectivity index (χ1) is 7.74. The van der Waals surface area contributed by atoms with E-state index in [0.29, 0.717) is 12.8 Å². The molecule has 1 N–H and O–H groups in total. The van der Waals surface area contributed by atoms with E-state index in [4.69, 9.17) is 4.74 Å². The van der Waals surface area contributed by atoms with Gasteiger partial charge in [0.2, 0.25) is 0 Å². The molecule has 0 aromatic carbocycles. The number of unbranched alkanes of at least 4 members (excludes halogenated alkanes) is 3. The van der Waals surface area contributed by atoms with Gasteiger partial charge < -0.3 is 9.84 Å². The van der Waals surface area contributed by atoms with E-state index in [-0.39, 0.29) is 12.1 Å². The van der Waals surface area contributed by atoms with Crippen LogP contribution in [-0.4, -0.2) is 23.3 Å². The topological polar surface area (TPSA) is 46.5 Å². The van der Waals surface area contributed by atoms with Crippen molar-refractivity contribution in [3.05, 3.63) is 0 Å². The minimum atomic E-state index is -0.484. The molecule has 0 aromatic heterocycles. The first-order valence-corrected chi connectivity index (χ1v) is 6.78. The number of ether oxygens (including phenoxy) is 1. The van der Waals surface area contributed by atoms with E-state index >= 15 is 0 Å². The fourth-order valence-corrected chi connectivity index (χ4v) is 2.06. The average Bonchev–Trinajstić information content (AvgIpc) is 2.70. The molecule has 1 heterocycles. The SMILES string of the molecule is O=C1CC[C@H]([C@H](O)CCCCCC#CI)O1. The minimum absolute atomic E-state index is 0.179.